The molecule has 1 saturated heterocycles. The van der Waals surface area contributed by atoms with Gasteiger partial charge in [-0.2, -0.15) is 0 Å². The number of carbonyl (C=O) groups excluding carboxylic acids is 2. The first-order valence-electron chi connectivity index (χ1n) is 7.76. The van der Waals surface area contributed by atoms with Crippen molar-refractivity contribution >= 4 is 17.6 Å². The Kier molecular flexibility index (Phi) is 6.25. The van der Waals surface area contributed by atoms with Gasteiger partial charge < -0.3 is 24.8 Å². The van der Waals surface area contributed by atoms with Crippen LogP contribution in [0.15, 0.2) is 18.2 Å². The highest BCUT2D eigenvalue weighted by Gasteiger charge is 2.32. The second-order valence-corrected chi connectivity index (χ2v) is 5.32. The summed E-state index contributed by atoms with van der Waals surface area (Å²) in [6.07, 6.45) is 0.493. The number of benzene rings is 1. The number of ether oxygens (including phenoxy) is 2. The van der Waals surface area contributed by atoms with Crippen LogP contribution in [-0.2, 0) is 4.79 Å². The molecule has 1 aromatic carbocycles. The van der Waals surface area contributed by atoms with Crippen molar-refractivity contribution in [3.63, 3.8) is 0 Å². The first-order valence-corrected chi connectivity index (χ1v) is 7.76. The van der Waals surface area contributed by atoms with Crippen LogP contribution in [0.5, 0.6) is 11.5 Å². The molecule has 1 aromatic rings. The van der Waals surface area contributed by atoms with Gasteiger partial charge in [-0.05, 0) is 18.6 Å². The molecule has 0 aromatic heterocycles. The van der Waals surface area contributed by atoms with Gasteiger partial charge in [0.1, 0.15) is 18.0 Å². The lowest BCUT2D eigenvalue weighted by Crippen LogP contribution is -2.40. The normalized spacial score (nSPS) is 14.0. The van der Waals surface area contributed by atoms with Crippen molar-refractivity contribution in [2.24, 2.45) is 0 Å². The highest BCUT2D eigenvalue weighted by atomic mass is 16.5. The summed E-state index contributed by atoms with van der Waals surface area (Å²) < 4.78 is 10.5. The smallest absolute Gasteiger partial charge is 0.325 e. The Morgan fingerprint density at radius 1 is 1.29 bits per heavy atom. The second kappa shape index (κ2) is 8.39. The number of amides is 3. The summed E-state index contributed by atoms with van der Waals surface area (Å²) in [7, 11) is 3.10. The maximum Gasteiger partial charge on any atom is 0.325 e. The number of aliphatic hydroxyl groups is 1. The van der Waals surface area contributed by atoms with E-state index in [4.69, 9.17) is 14.6 Å². The van der Waals surface area contributed by atoms with Crippen LogP contribution >= 0.6 is 0 Å². The summed E-state index contributed by atoms with van der Waals surface area (Å²) in [6.45, 7) is 1.32. The van der Waals surface area contributed by atoms with Crippen molar-refractivity contribution in [1.29, 1.82) is 0 Å². The zero-order valence-corrected chi connectivity index (χ0v) is 13.9. The molecule has 8 nitrogen and oxygen atoms in total. The van der Waals surface area contributed by atoms with Crippen LogP contribution in [-0.4, -0.2) is 69.0 Å². The summed E-state index contributed by atoms with van der Waals surface area (Å²) in [4.78, 5) is 27.5. The topological polar surface area (TPSA) is 91.3 Å². The average Bonchev–Trinajstić information content (AvgIpc) is 2.95. The van der Waals surface area contributed by atoms with E-state index in [2.05, 4.69) is 5.32 Å². The van der Waals surface area contributed by atoms with Gasteiger partial charge in [-0.25, -0.2) is 4.79 Å². The molecule has 2 rings (SSSR count). The van der Waals surface area contributed by atoms with Gasteiger partial charge >= 0.3 is 6.03 Å². The number of aliphatic hydroxyl groups excluding tert-OH is 1. The van der Waals surface area contributed by atoms with Crippen molar-refractivity contribution in [2.45, 2.75) is 6.42 Å². The average molecular weight is 337 g/mol. The van der Waals surface area contributed by atoms with Crippen LogP contribution in [0.25, 0.3) is 0 Å². The Labute approximate surface area is 140 Å². The van der Waals surface area contributed by atoms with E-state index < -0.39 is 0 Å². The summed E-state index contributed by atoms with van der Waals surface area (Å²) in [5.41, 5.74) is 0.616. The fourth-order valence-electron chi connectivity index (χ4n) is 2.50. The number of hydrogen-bond donors (Lipinski definition) is 2. The van der Waals surface area contributed by atoms with Gasteiger partial charge in [0.2, 0.25) is 5.91 Å². The van der Waals surface area contributed by atoms with Crippen LogP contribution in [0.4, 0.5) is 10.5 Å². The van der Waals surface area contributed by atoms with Crippen molar-refractivity contribution < 1.29 is 24.2 Å². The molecule has 0 aliphatic carbocycles. The number of nitrogens with one attached hydrogen (secondary N) is 1. The molecule has 3 amide bonds. The number of carbonyl (C=O) groups is 2. The third kappa shape index (κ3) is 4.08. The molecule has 0 unspecified atom stereocenters. The maximum atomic E-state index is 12.6. The predicted octanol–water partition coefficient (Wildman–Crippen LogP) is 0.444. The molecular formula is C16H23N3O5. The number of anilines is 1. The van der Waals surface area contributed by atoms with Gasteiger partial charge in [-0.1, -0.05) is 0 Å². The van der Waals surface area contributed by atoms with Crippen molar-refractivity contribution in [3.8, 4) is 11.5 Å². The fourth-order valence-corrected chi connectivity index (χ4v) is 2.50. The lowest BCUT2D eigenvalue weighted by molar-refractivity contribution is -0.121. The summed E-state index contributed by atoms with van der Waals surface area (Å²) in [5, 5.41) is 11.4. The molecule has 1 aliphatic heterocycles. The van der Waals surface area contributed by atoms with Crippen molar-refractivity contribution in [2.75, 3.05) is 51.9 Å². The van der Waals surface area contributed by atoms with E-state index in [0.29, 0.717) is 43.2 Å². The van der Waals surface area contributed by atoms with Crippen LogP contribution in [0, 0.1) is 0 Å². The first-order chi connectivity index (χ1) is 11.6. The van der Waals surface area contributed by atoms with E-state index in [1.807, 2.05) is 0 Å². The molecule has 0 spiro atoms. The molecule has 132 valence electrons. The lowest BCUT2D eigenvalue weighted by Gasteiger charge is -2.21. The molecule has 1 fully saturated rings. The number of rotatable bonds is 8. The van der Waals surface area contributed by atoms with Gasteiger partial charge in [-0.15, -0.1) is 0 Å². The molecular weight excluding hydrogens is 314 g/mol. The second-order valence-electron chi connectivity index (χ2n) is 5.32. The Morgan fingerprint density at radius 3 is 2.75 bits per heavy atom. The molecule has 1 heterocycles. The van der Waals surface area contributed by atoms with E-state index in [1.165, 1.54) is 12.0 Å². The van der Waals surface area contributed by atoms with Crippen LogP contribution in [0.1, 0.15) is 6.42 Å². The number of urea groups is 1. The van der Waals surface area contributed by atoms with Gasteiger partial charge in [0.25, 0.3) is 0 Å². The highest BCUT2D eigenvalue weighted by molar-refractivity contribution is 5.97. The van der Waals surface area contributed by atoms with E-state index in [9.17, 15) is 9.59 Å². The standard InChI is InChI=1S/C16H23N3O5/c1-23-12-4-5-14(24-2)13(10-12)19-8-7-18(16(19)22)11-15(21)17-6-3-9-20/h4-5,10,20H,3,6-9,11H2,1-2H3,(H,17,21). The summed E-state index contributed by atoms with van der Waals surface area (Å²) >= 11 is 0. The first kappa shape index (κ1) is 17.9. The van der Waals surface area contributed by atoms with Crippen LogP contribution < -0.4 is 19.7 Å². The molecule has 0 saturated carbocycles. The summed E-state index contributed by atoms with van der Waals surface area (Å²) in [6, 6.07) is 4.99. The van der Waals surface area contributed by atoms with E-state index in [0.717, 1.165) is 0 Å². The third-order valence-electron chi connectivity index (χ3n) is 3.76. The van der Waals surface area contributed by atoms with Crippen LogP contribution in [0.2, 0.25) is 0 Å². The Morgan fingerprint density at radius 2 is 2.08 bits per heavy atom. The SMILES string of the molecule is COc1ccc(OC)c(N2CCN(CC(=O)NCCCO)C2=O)c1. The maximum absolute atomic E-state index is 12.6. The lowest BCUT2D eigenvalue weighted by atomic mass is 10.2. The molecule has 2 N–H and O–H groups in total. The molecule has 0 atom stereocenters. The van der Waals surface area contributed by atoms with Gasteiger partial charge in [0.15, 0.2) is 0 Å². The zero-order valence-electron chi connectivity index (χ0n) is 13.9. The van der Waals surface area contributed by atoms with Gasteiger partial charge in [0, 0.05) is 32.3 Å². The molecule has 8 heteroatoms. The molecule has 0 bridgehead atoms. The van der Waals surface area contributed by atoms with Crippen molar-refractivity contribution in [3.05, 3.63) is 18.2 Å². The Bertz CT molecular complexity index is 593. The number of methoxy groups -OCH3 is 2. The summed E-state index contributed by atoms with van der Waals surface area (Å²) in [5.74, 6) is 0.952. The Hall–Kier alpha value is -2.48. The minimum atomic E-state index is -0.251. The van der Waals surface area contributed by atoms with Crippen molar-refractivity contribution in [1.82, 2.24) is 10.2 Å². The monoisotopic (exact) mass is 337 g/mol. The van der Waals surface area contributed by atoms with Gasteiger partial charge in [-0.3, -0.25) is 9.69 Å². The zero-order chi connectivity index (χ0) is 17.5. The minimum Gasteiger partial charge on any atom is -0.497 e. The molecule has 0 radical (unpaired) electrons. The van der Waals surface area contributed by atoms with E-state index in [1.54, 1.807) is 30.2 Å². The number of nitrogens with zero attached hydrogens (tertiary/aromatic N) is 2. The molecule has 1 aliphatic rings. The van der Waals surface area contributed by atoms with E-state index in [-0.39, 0.29) is 25.1 Å². The predicted molar refractivity (Wildman–Crippen MR) is 88.6 cm³/mol. The third-order valence-corrected chi connectivity index (χ3v) is 3.76. The highest BCUT2D eigenvalue weighted by Crippen LogP contribution is 2.34. The molecule has 24 heavy (non-hydrogen) atoms. The fraction of sp³-hybridized carbons (Fsp3) is 0.500. The number of hydrogen-bond acceptors (Lipinski definition) is 5. The minimum absolute atomic E-state index is 0.00690. The quantitative estimate of drug-likeness (QED) is 0.672. The Balaban J connectivity index is 2.04. The van der Waals surface area contributed by atoms with Crippen LogP contribution in [0.3, 0.4) is 0 Å². The largest absolute Gasteiger partial charge is 0.497 e. The van der Waals surface area contributed by atoms with Gasteiger partial charge in [0.05, 0.1) is 19.9 Å². The van der Waals surface area contributed by atoms with E-state index >= 15 is 0 Å².